The summed E-state index contributed by atoms with van der Waals surface area (Å²) in [5, 5.41) is 28.9. The first-order valence-corrected chi connectivity index (χ1v) is 8.18. The molecule has 3 N–H and O–H groups in total. The van der Waals surface area contributed by atoms with E-state index < -0.39 is 23.9 Å². The zero-order chi connectivity index (χ0) is 17.8. The summed E-state index contributed by atoms with van der Waals surface area (Å²) in [6, 6.07) is 9.18. The van der Waals surface area contributed by atoms with Gasteiger partial charge in [0.25, 0.3) is 0 Å². The molecule has 0 bridgehead atoms. The number of phenols is 2. The maximum atomic E-state index is 14.2. The van der Waals surface area contributed by atoms with Gasteiger partial charge in [-0.05, 0) is 29.8 Å². The first-order valence-electron chi connectivity index (χ1n) is 8.18. The van der Waals surface area contributed by atoms with Crippen LogP contribution in [0.4, 0.5) is 8.78 Å². The van der Waals surface area contributed by atoms with Gasteiger partial charge in [-0.25, -0.2) is 8.78 Å². The normalized spacial score (nSPS) is 26.6. The van der Waals surface area contributed by atoms with Crippen LogP contribution in [0.2, 0.25) is 0 Å². The molecule has 1 saturated carbocycles. The Kier molecular flexibility index (Phi) is 3.61. The third-order valence-electron chi connectivity index (χ3n) is 5.17. The van der Waals surface area contributed by atoms with Crippen molar-refractivity contribution in [1.29, 1.82) is 0 Å². The van der Waals surface area contributed by atoms with E-state index in [9.17, 15) is 24.1 Å². The van der Waals surface area contributed by atoms with E-state index in [-0.39, 0.29) is 30.9 Å². The topological polar surface area (TPSA) is 69.9 Å². The third kappa shape index (κ3) is 2.70. The number of fused-ring (bicyclic) bond motifs is 3. The van der Waals surface area contributed by atoms with Gasteiger partial charge in [-0.15, -0.1) is 0 Å². The van der Waals surface area contributed by atoms with Crippen LogP contribution in [-0.4, -0.2) is 21.2 Å². The molecular weight excluding hydrogens is 330 g/mol. The van der Waals surface area contributed by atoms with Crippen LogP contribution in [0.15, 0.2) is 36.4 Å². The van der Waals surface area contributed by atoms with Crippen LogP contribution in [0.5, 0.6) is 17.2 Å². The fourth-order valence-corrected chi connectivity index (χ4v) is 4.13. The predicted octanol–water partition coefficient (Wildman–Crippen LogP) is 3.85. The Morgan fingerprint density at radius 3 is 2.44 bits per heavy atom. The van der Waals surface area contributed by atoms with E-state index in [1.807, 2.05) is 0 Å². The first kappa shape index (κ1) is 16.1. The van der Waals surface area contributed by atoms with Gasteiger partial charge in [0, 0.05) is 35.8 Å². The van der Waals surface area contributed by atoms with Crippen LogP contribution in [0.1, 0.15) is 41.6 Å². The number of rotatable bonds is 2. The standard InChI is InChI=1S/C19H18F2O4/c20-19(21)7-15-14-6-13(24)5-11(9-22)18(14)25-17(16(15)8-19)10-1-3-12(23)4-2-10/h1-6,15-17,22-24H,7-9H2/t15-,16-,17-/m0/s1. The number of aromatic hydroxyl groups is 2. The molecule has 1 aliphatic heterocycles. The van der Waals surface area contributed by atoms with Gasteiger partial charge in [-0.1, -0.05) is 12.1 Å². The van der Waals surface area contributed by atoms with Crippen molar-refractivity contribution in [2.45, 2.75) is 37.4 Å². The number of ether oxygens (including phenoxy) is 1. The molecule has 4 nitrogen and oxygen atoms in total. The summed E-state index contributed by atoms with van der Waals surface area (Å²) in [5.41, 5.74) is 1.61. The van der Waals surface area contributed by atoms with Crippen LogP contribution in [0.3, 0.4) is 0 Å². The number of phenolic OH excluding ortho intramolecular Hbond substituents is 2. The van der Waals surface area contributed by atoms with Crippen molar-refractivity contribution in [1.82, 2.24) is 0 Å². The fraction of sp³-hybridized carbons (Fsp3) is 0.368. The molecule has 2 aromatic rings. The van der Waals surface area contributed by atoms with Crippen molar-refractivity contribution in [2.75, 3.05) is 0 Å². The average Bonchev–Trinajstić information content (AvgIpc) is 2.90. The number of benzene rings is 2. The van der Waals surface area contributed by atoms with Crippen molar-refractivity contribution in [3.63, 3.8) is 0 Å². The molecule has 0 spiro atoms. The quantitative estimate of drug-likeness (QED) is 0.771. The Labute approximate surface area is 143 Å². The van der Waals surface area contributed by atoms with E-state index in [2.05, 4.69) is 0 Å². The Bertz CT molecular complexity index is 804. The van der Waals surface area contributed by atoms with Crippen LogP contribution < -0.4 is 4.74 Å². The second-order valence-corrected chi connectivity index (χ2v) is 6.85. The molecule has 25 heavy (non-hydrogen) atoms. The molecule has 1 heterocycles. The van der Waals surface area contributed by atoms with Crippen molar-refractivity contribution in [2.24, 2.45) is 5.92 Å². The number of hydrogen-bond acceptors (Lipinski definition) is 4. The summed E-state index contributed by atoms with van der Waals surface area (Å²) >= 11 is 0. The van der Waals surface area contributed by atoms with Crippen LogP contribution in [0.25, 0.3) is 0 Å². The molecule has 6 heteroatoms. The summed E-state index contributed by atoms with van der Waals surface area (Å²) in [5.74, 6) is -3.31. The molecule has 1 aliphatic carbocycles. The summed E-state index contributed by atoms with van der Waals surface area (Å²) in [7, 11) is 0. The molecular formula is C19H18F2O4. The highest BCUT2D eigenvalue weighted by Crippen LogP contribution is 2.59. The summed E-state index contributed by atoms with van der Waals surface area (Å²) in [6.45, 7) is -0.354. The Morgan fingerprint density at radius 2 is 1.76 bits per heavy atom. The van der Waals surface area contributed by atoms with Gasteiger partial charge in [0.05, 0.1) is 6.61 Å². The molecule has 0 amide bonds. The molecule has 2 aromatic carbocycles. The molecule has 0 saturated heterocycles. The van der Waals surface area contributed by atoms with E-state index in [4.69, 9.17) is 4.74 Å². The van der Waals surface area contributed by atoms with Gasteiger partial charge < -0.3 is 20.1 Å². The third-order valence-corrected chi connectivity index (χ3v) is 5.17. The Morgan fingerprint density at radius 1 is 1.04 bits per heavy atom. The molecule has 2 aliphatic rings. The minimum Gasteiger partial charge on any atom is -0.508 e. The van der Waals surface area contributed by atoms with Gasteiger partial charge in [0.15, 0.2) is 0 Å². The van der Waals surface area contributed by atoms with Crippen LogP contribution >= 0.6 is 0 Å². The molecule has 3 atom stereocenters. The molecule has 132 valence electrons. The largest absolute Gasteiger partial charge is 0.508 e. The van der Waals surface area contributed by atoms with Crippen LogP contribution in [0, 0.1) is 5.92 Å². The second kappa shape index (κ2) is 5.59. The lowest BCUT2D eigenvalue weighted by Gasteiger charge is -2.37. The zero-order valence-corrected chi connectivity index (χ0v) is 13.3. The van der Waals surface area contributed by atoms with E-state index in [1.165, 1.54) is 24.3 Å². The minimum absolute atomic E-state index is 0.0663. The van der Waals surface area contributed by atoms with Crippen molar-refractivity contribution >= 4 is 0 Å². The smallest absolute Gasteiger partial charge is 0.249 e. The van der Waals surface area contributed by atoms with Crippen molar-refractivity contribution in [3.8, 4) is 17.2 Å². The highest BCUT2D eigenvalue weighted by molar-refractivity contribution is 5.51. The lowest BCUT2D eigenvalue weighted by molar-refractivity contribution is -0.00244. The number of aliphatic hydroxyl groups excluding tert-OH is 1. The molecule has 1 fully saturated rings. The molecule has 0 radical (unpaired) electrons. The lowest BCUT2D eigenvalue weighted by Crippen LogP contribution is -2.27. The second-order valence-electron chi connectivity index (χ2n) is 6.85. The van der Waals surface area contributed by atoms with Gasteiger partial charge in [0.2, 0.25) is 5.92 Å². The Hall–Kier alpha value is -2.34. The van der Waals surface area contributed by atoms with E-state index >= 15 is 0 Å². The maximum Gasteiger partial charge on any atom is 0.249 e. The molecule has 0 unspecified atom stereocenters. The molecule has 0 aromatic heterocycles. The van der Waals surface area contributed by atoms with Crippen LogP contribution in [-0.2, 0) is 6.61 Å². The predicted molar refractivity (Wildman–Crippen MR) is 85.9 cm³/mol. The van der Waals surface area contributed by atoms with Crippen molar-refractivity contribution < 1.29 is 28.8 Å². The molecule has 4 rings (SSSR count). The lowest BCUT2D eigenvalue weighted by atomic mass is 9.79. The number of alkyl halides is 2. The number of aliphatic hydroxyl groups is 1. The van der Waals surface area contributed by atoms with Gasteiger partial charge in [-0.3, -0.25) is 0 Å². The highest BCUT2D eigenvalue weighted by Gasteiger charge is 2.53. The van der Waals surface area contributed by atoms with E-state index in [1.54, 1.807) is 12.1 Å². The first-order chi connectivity index (χ1) is 11.9. The van der Waals surface area contributed by atoms with Gasteiger partial charge in [-0.2, -0.15) is 0 Å². The number of hydrogen-bond donors (Lipinski definition) is 3. The SMILES string of the molecule is OCc1cc(O)cc2c1O[C@@H](c1ccc(O)cc1)[C@H]1CC(F)(F)C[C@@H]21. The zero-order valence-electron chi connectivity index (χ0n) is 13.3. The van der Waals surface area contributed by atoms with Gasteiger partial charge >= 0.3 is 0 Å². The minimum atomic E-state index is -2.81. The van der Waals surface area contributed by atoms with E-state index in [0.29, 0.717) is 22.4 Å². The summed E-state index contributed by atoms with van der Waals surface area (Å²) in [4.78, 5) is 0. The average molecular weight is 348 g/mol. The number of halogens is 2. The Balaban J connectivity index is 1.84. The van der Waals surface area contributed by atoms with Crippen molar-refractivity contribution in [3.05, 3.63) is 53.1 Å². The summed E-state index contributed by atoms with van der Waals surface area (Å²) in [6.07, 6.45) is -1.20. The maximum absolute atomic E-state index is 14.2. The fourth-order valence-electron chi connectivity index (χ4n) is 4.13. The van der Waals surface area contributed by atoms with Gasteiger partial charge in [0.1, 0.15) is 23.4 Å². The highest BCUT2D eigenvalue weighted by atomic mass is 19.3. The summed E-state index contributed by atoms with van der Waals surface area (Å²) < 4.78 is 34.4. The monoisotopic (exact) mass is 348 g/mol. The van der Waals surface area contributed by atoms with E-state index in [0.717, 1.165) is 0 Å².